The zero-order chi connectivity index (χ0) is 31.0. The molecule has 0 unspecified atom stereocenters. The summed E-state index contributed by atoms with van der Waals surface area (Å²) in [6.45, 7) is 50.5. The van der Waals surface area contributed by atoms with E-state index < -0.39 is 40.6 Å². The molecule has 0 saturated carbocycles. The van der Waals surface area contributed by atoms with Crippen LogP contribution in [0.3, 0.4) is 0 Å². The molecule has 0 N–H and O–H groups in total. The Labute approximate surface area is 254 Å². The summed E-state index contributed by atoms with van der Waals surface area (Å²) in [7, 11) is -5.87. The smallest absolute Gasteiger partial charge is 0.252 e. The topological polar surface area (TPSA) is 31.2 Å². The second kappa shape index (κ2) is 10.2. The van der Waals surface area contributed by atoms with E-state index in [1.54, 1.807) is 0 Å². The van der Waals surface area contributed by atoms with Crippen LogP contribution in [-0.4, -0.2) is 49.3 Å². The van der Waals surface area contributed by atoms with E-state index in [-0.39, 0.29) is 25.2 Å². The third-order valence-corrected chi connectivity index (χ3v) is 60.7. The molecule has 0 spiro atoms. The van der Waals surface area contributed by atoms with Crippen LogP contribution in [0, 0.1) is 0 Å². The molecule has 0 radical (unpaired) electrons. The molecule has 0 bridgehead atoms. The molecular weight excluding hydrogens is 613 g/mol. The summed E-state index contributed by atoms with van der Waals surface area (Å²) < 4.78 is 5.86. The maximum atomic E-state index is 5.59. The van der Waals surface area contributed by atoms with Crippen LogP contribution in [-0.2, 0) is 0 Å². The van der Waals surface area contributed by atoms with Gasteiger partial charge in [-0.3, -0.25) is 0 Å². The van der Waals surface area contributed by atoms with Gasteiger partial charge in [0, 0.05) is 0 Å². The maximum Gasteiger partial charge on any atom is 0.252 e. The van der Waals surface area contributed by atoms with Gasteiger partial charge in [-0.2, -0.15) is 0 Å². The molecule has 4 nitrogen and oxygen atoms in total. The van der Waals surface area contributed by atoms with E-state index in [0.717, 1.165) is 0 Å². The molecule has 0 saturated heterocycles. The van der Waals surface area contributed by atoms with Gasteiger partial charge in [0.05, 0.1) is 18.1 Å². The van der Waals surface area contributed by atoms with Crippen LogP contribution in [0.25, 0.3) is 0 Å². The normalized spacial score (nSPS) is 22.2. The summed E-state index contributed by atoms with van der Waals surface area (Å²) in [5, 5.41) is 12.4. The summed E-state index contributed by atoms with van der Waals surface area (Å²) in [5.41, 5.74) is 0. The lowest BCUT2D eigenvalue weighted by Crippen LogP contribution is -2.85. The van der Waals surface area contributed by atoms with E-state index in [1.165, 1.54) is 0 Å². The molecule has 1 aliphatic heterocycles. The Morgan fingerprint density at radius 2 is 0.737 bits per heavy atom. The van der Waals surface area contributed by atoms with Gasteiger partial charge in [0.2, 0.25) is 7.43 Å². The van der Waals surface area contributed by atoms with Gasteiger partial charge in [-0.05, 0) is 35.3 Å². The van der Waals surface area contributed by atoms with Gasteiger partial charge < -0.3 is 8.68 Å². The third-order valence-electron chi connectivity index (χ3n) is 8.49. The zero-order valence-corrected chi connectivity index (χ0v) is 37.0. The van der Waals surface area contributed by atoms with Crippen molar-refractivity contribution >= 4 is 55.9 Å². The molecule has 0 aromatic carbocycles. The molecule has 38 heavy (non-hydrogen) atoms. The van der Waals surface area contributed by atoms with Crippen LogP contribution in [0.1, 0.15) is 145 Å². The Bertz CT molecular complexity index is 806. The summed E-state index contributed by atoms with van der Waals surface area (Å²) in [5.74, 6) is 0. The van der Waals surface area contributed by atoms with Crippen LogP contribution >= 0.6 is 15.3 Å². The average molecular weight is 680 g/mol. The predicted molar refractivity (Wildman–Crippen MR) is 190 cm³/mol. The quantitative estimate of drug-likeness (QED) is 0.219. The van der Waals surface area contributed by atoms with Crippen LogP contribution < -0.4 is 0 Å². The number of halogens is 1. The number of hydrogen-bond donors (Lipinski definition) is 0. The Hall–Kier alpha value is 0.764. The molecule has 226 valence electrons. The van der Waals surface area contributed by atoms with Gasteiger partial charge in [-0.15, -0.1) is 0 Å². The Balaban J connectivity index is 4.53. The number of nitrogens with zero attached hydrogens (tertiary/aromatic N) is 4. The van der Waals surface area contributed by atoms with Gasteiger partial charge in [0.25, 0.3) is 6.85 Å². The van der Waals surface area contributed by atoms with Crippen molar-refractivity contribution < 1.29 is 0 Å². The molecule has 0 amide bonds. The highest BCUT2D eigenvalue weighted by atomic mass is 79.9. The minimum Gasteiger partial charge on any atom is -0.315 e. The second-order valence-electron chi connectivity index (χ2n) is 19.8. The molecule has 0 atom stereocenters. The Morgan fingerprint density at radius 1 is 0.474 bits per heavy atom. The highest BCUT2D eigenvalue weighted by Gasteiger charge is 2.74. The van der Waals surface area contributed by atoms with Crippen LogP contribution in [0.4, 0.5) is 0 Å². The summed E-state index contributed by atoms with van der Waals surface area (Å²) in [6, 6.07) is 0. The van der Waals surface area contributed by atoms with E-state index in [4.69, 9.17) is 10.4 Å². The van der Waals surface area contributed by atoms with Gasteiger partial charge >= 0.3 is 0 Å². The molecule has 0 aliphatic carbocycles. The van der Waals surface area contributed by atoms with Crippen molar-refractivity contribution in [3.05, 3.63) is 0 Å². The molecule has 0 aromatic rings. The lowest BCUT2D eigenvalue weighted by atomic mass is 10.2. The van der Waals surface area contributed by atoms with Gasteiger partial charge in [0.15, 0.2) is 8.24 Å². The van der Waals surface area contributed by atoms with Gasteiger partial charge in [-0.1, -0.05) is 171 Å². The Morgan fingerprint density at radius 3 is 0.947 bits per heavy atom. The average Bonchev–Trinajstić information content (AvgIpc) is 2.82. The monoisotopic (exact) mass is 678 g/mol. The van der Waals surface area contributed by atoms with Crippen molar-refractivity contribution in [2.75, 3.05) is 0 Å². The standard InChI is InChI=1S/C28H67BrN4Si5/c1-22(2,3)34-38(35-23(4,5)6)32(36(24(7,8)9,25(10,11)12)26(13,14)15)30-31-33(38)37(29,27(16,17)18)28(19,20)21/h34-35H2,1-21H3. The largest absolute Gasteiger partial charge is 0.315 e. The van der Waals surface area contributed by atoms with Crippen molar-refractivity contribution in [1.29, 1.82) is 0 Å². The molecule has 1 heterocycles. The van der Waals surface area contributed by atoms with Crippen LogP contribution in [0.2, 0.25) is 35.3 Å². The fourth-order valence-corrected chi connectivity index (χ4v) is 83.6. The van der Waals surface area contributed by atoms with Crippen LogP contribution in [0.15, 0.2) is 10.4 Å². The fraction of sp³-hybridized carbons (Fsp3) is 1.00. The van der Waals surface area contributed by atoms with Gasteiger partial charge in [-0.25, -0.2) is 0 Å². The summed E-state index contributed by atoms with van der Waals surface area (Å²) in [4.78, 5) is 0. The third kappa shape index (κ3) is 6.25. The van der Waals surface area contributed by atoms with E-state index >= 15 is 0 Å². The minimum absolute atomic E-state index is 0.104. The lowest BCUT2D eigenvalue weighted by molar-refractivity contribution is 0.436. The minimum atomic E-state index is -2.38. The lowest BCUT2D eigenvalue weighted by Gasteiger charge is -2.67. The van der Waals surface area contributed by atoms with E-state index in [2.05, 4.69) is 169 Å². The molecule has 0 aromatic heterocycles. The molecular formula is C28H67BrN4Si5. The first-order valence-corrected chi connectivity index (χ1v) is 29.0. The van der Waals surface area contributed by atoms with Gasteiger partial charge in [0.1, 0.15) is 0 Å². The SMILES string of the molecule is CC(C)(C)[SiH2][Si]1([SiH2]C(C)(C)C)N([Si](Br)(C(C)(C)C)C(C)(C)C)N=NN1[Si](C(C)(C)C)(C(C)(C)C)C(C)(C)C. The molecule has 10 heteroatoms. The number of hydrogen-bond acceptors (Lipinski definition) is 4. The summed E-state index contributed by atoms with van der Waals surface area (Å²) >= 11 is 4.67. The highest BCUT2D eigenvalue weighted by Crippen LogP contribution is 2.67. The van der Waals surface area contributed by atoms with Crippen molar-refractivity contribution in [3.63, 3.8) is 0 Å². The van der Waals surface area contributed by atoms with Crippen LogP contribution in [0.5, 0.6) is 0 Å². The highest BCUT2D eigenvalue weighted by molar-refractivity contribution is 9.26. The number of rotatable bonds is 4. The van der Waals surface area contributed by atoms with E-state index in [0.29, 0.717) is 10.1 Å². The zero-order valence-electron chi connectivity index (χ0n) is 29.6. The second-order valence-corrected chi connectivity index (χ2v) is 54.9. The van der Waals surface area contributed by atoms with E-state index in [1.807, 2.05) is 0 Å². The Kier molecular flexibility index (Phi) is 9.87. The van der Waals surface area contributed by atoms with Crippen molar-refractivity contribution in [2.24, 2.45) is 10.4 Å². The first-order chi connectivity index (χ1) is 16.1. The van der Waals surface area contributed by atoms with Crippen molar-refractivity contribution in [2.45, 2.75) is 181 Å². The van der Waals surface area contributed by atoms with Crippen molar-refractivity contribution in [1.82, 2.24) is 8.68 Å². The summed E-state index contributed by atoms with van der Waals surface area (Å²) in [6.07, 6.45) is 0. The predicted octanol–water partition coefficient (Wildman–Crippen LogP) is 9.88. The first-order valence-electron chi connectivity index (χ1n) is 14.8. The maximum absolute atomic E-state index is 5.59. The first kappa shape index (κ1) is 36.8. The van der Waals surface area contributed by atoms with Crippen molar-refractivity contribution in [3.8, 4) is 0 Å². The fourth-order valence-electron chi connectivity index (χ4n) is 9.21. The molecule has 0 fully saturated rings. The molecule has 1 aliphatic rings. The molecule has 1 rings (SSSR count). The van der Waals surface area contributed by atoms with E-state index in [9.17, 15) is 0 Å².